The van der Waals surface area contributed by atoms with Gasteiger partial charge in [0, 0.05) is 11.0 Å². The molecule has 1 N–H and O–H groups in total. The highest BCUT2D eigenvalue weighted by Gasteiger charge is 2.07. The predicted molar refractivity (Wildman–Crippen MR) is 86.0 cm³/mol. The predicted octanol–water partition coefficient (Wildman–Crippen LogP) is 5.35. The van der Waals surface area contributed by atoms with Gasteiger partial charge in [0.2, 0.25) is 0 Å². The lowest BCUT2D eigenvalue weighted by Gasteiger charge is -2.13. The zero-order valence-electron chi connectivity index (χ0n) is 10.8. The number of aromatic amines is 1. The molecule has 0 saturated carbocycles. The molecular formula is C15H17BrN2S. The molecule has 1 aromatic carbocycles. The first kappa shape index (κ1) is 13.1. The Kier molecular flexibility index (Phi) is 3.89. The topological polar surface area (TPSA) is 20.7 Å². The summed E-state index contributed by atoms with van der Waals surface area (Å²) in [6.45, 7) is 0.973. The zero-order valence-corrected chi connectivity index (χ0v) is 13.2. The second-order valence-electron chi connectivity index (χ2n) is 5.10. The van der Waals surface area contributed by atoms with Crippen LogP contribution in [-0.2, 0) is 6.54 Å². The van der Waals surface area contributed by atoms with E-state index in [9.17, 15) is 0 Å². The van der Waals surface area contributed by atoms with Crippen LogP contribution in [0.4, 0.5) is 0 Å². The van der Waals surface area contributed by atoms with Gasteiger partial charge < -0.3 is 9.55 Å². The number of nitrogens with one attached hydrogen (secondary N) is 1. The fourth-order valence-corrected chi connectivity index (χ4v) is 3.38. The first-order valence-electron chi connectivity index (χ1n) is 6.80. The number of fused-ring (bicyclic) bond motifs is 1. The number of aryl methyl sites for hydroxylation is 1. The molecular weight excluding hydrogens is 320 g/mol. The van der Waals surface area contributed by atoms with Gasteiger partial charge in [0.1, 0.15) is 0 Å². The van der Waals surface area contributed by atoms with Crippen LogP contribution in [0.1, 0.15) is 32.1 Å². The highest BCUT2D eigenvalue weighted by Crippen LogP contribution is 2.23. The minimum absolute atomic E-state index is 0.824. The van der Waals surface area contributed by atoms with Crippen molar-refractivity contribution in [1.29, 1.82) is 0 Å². The fraction of sp³-hybridized carbons (Fsp3) is 0.400. The molecule has 100 valence electrons. The number of halogens is 1. The Bertz CT molecular complexity index is 681. The molecule has 1 aromatic heterocycles. The van der Waals surface area contributed by atoms with E-state index in [0.29, 0.717) is 0 Å². The number of hydrogen-bond donors (Lipinski definition) is 1. The van der Waals surface area contributed by atoms with Crippen LogP contribution < -0.4 is 0 Å². The third-order valence-corrected chi connectivity index (χ3v) is 4.59. The van der Waals surface area contributed by atoms with Gasteiger partial charge >= 0.3 is 0 Å². The molecule has 0 fully saturated rings. The number of rotatable bonds is 3. The standard InChI is InChI=1S/C15H17BrN2S/c16-12-6-7-13-14(10-12)18(15(19)17-13)9-8-11-4-2-1-3-5-11/h4,6-7,10H,1-3,5,8-9H2,(H,17,19). The summed E-state index contributed by atoms with van der Waals surface area (Å²) < 4.78 is 4.13. The van der Waals surface area contributed by atoms with Gasteiger partial charge in [0.15, 0.2) is 4.77 Å². The Morgan fingerprint density at radius 1 is 1.32 bits per heavy atom. The van der Waals surface area contributed by atoms with Crippen molar-refractivity contribution < 1.29 is 0 Å². The maximum Gasteiger partial charge on any atom is 0.178 e. The van der Waals surface area contributed by atoms with E-state index in [0.717, 1.165) is 27.7 Å². The fourth-order valence-electron chi connectivity index (χ4n) is 2.74. The van der Waals surface area contributed by atoms with E-state index in [4.69, 9.17) is 12.2 Å². The molecule has 19 heavy (non-hydrogen) atoms. The van der Waals surface area contributed by atoms with Crippen molar-refractivity contribution in [1.82, 2.24) is 9.55 Å². The number of allylic oxidation sites excluding steroid dienone is 2. The number of H-pyrrole nitrogens is 1. The van der Waals surface area contributed by atoms with Crippen LogP contribution in [0.15, 0.2) is 34.3 Å². The number of hydrogen-bond acceptors (Lipinski definition) is 1. The van der Waals surface area contributed by atoms with Crippen LogP contribution >= 0.6 is 28.1 Å². The summed E-state index contributed by atoms with van der Waals surface area (Å²) in [6, 6.07) is 6.25. The molecule has 0 atom stereocenters. The van der Waals surface area contributed by atoms with E-state index in [1.807, 2.05) is 6.07 Å². The number of aromatic nitrogens is 2. The van der Waals surface area contributed by atoms with E-state index < -0.39 is 0 Å². The smallest absolute Gasteiger partial charge is 0.178 e. The van der Waals surface area contributed by atoms with Gasteiger partial charge in [-0.25, -0.2) is 0 Å². The minimum atomic E-state index is 0.824. The van der Waals surface area contributed by atoms with Crippen molar-refractivity contribution in [2.45, 2.75) is 38.6 Å². The molecule has 0 unspecified atom stereocenters. The molecule has 0 bridgehead atoms. The molecule has 1 heterocycles. The SMILES string of the molecule is S=c1[nH]c2ccc(Br)cc2n1CCC1=CCCCC1. The molecule has 0 spiro atoms. The molecule has 0 amide bonds. The summed E-state index contributed by atoms with van der Waals surface area (Å²) in [5.74, 6) is 0. The highest BCUT2D eigenvalue weighted by atomic mass is 79.9. The van der Waals surface area contributed by atoms with Crippen LogP contribution in [0.25, 0.3) is 11.0 Å². The van der Waals surface area contributed by atoms with Crippen molar-refractivity contribution in [2.24, 2.45) is 0 Å². The summed E-state index contributed by atoms with van der Waals surface area (Å²) in [7, 11) is 0. The van der Waals surface area contributed by atoms with E-state index in [-0.39, 0.29) is 0 Å². The quantitative estimate of drug-likeness (QED) is 0.591. The minimum Gasteiger partial charge on any atom is -0.331 e. The van der Waals surface area contributed by atoms with E-state index in [1.165, 1.54) is 31.2 Å². The Morgan fingerprint density at radius 2 is 2.21 bits per heavy atom. The summed E-state index contributed by atoms with van der Waals surface area (Å²) in [5.41, 5.74) is 3.90. The summed E-state index contributed by atoms with van der Waals surface area (Å²) in [5, 5.41) is 0. The first-order valence-corrected chi connectivity index (χ1v) is 8.00. The average molecular weight is 337 g/mol. The number of imidazole rings is 1. The maximum absolute atomic E-state index is 5.44. The largest absolute Gasteiger partial charge is 0.331 e. The normalized spacial score (nSPS) is 15.7. The zero-order chi connectivity index (χ0) is 13.2. The Morgan fingerprint density at radius 3 is 3.00 bits per heavy atom. The summed E-state index contributed by atoms with van der Waals surface area (Å²) >= 11 is 8.97. The molecule has 2 aromatic rings. The van der Waals surface area contributed by atoms with Crippen molar-refractivity contribution in [2.75, 3.05) is 0 Å². The molecule has 0 radical (unpaired) electrons. The third kappa shape index (κ3) is 2.84. The van der Waals surface area contributed by atoms with Gasteiger partial charge in [-0.05, 0) is 62.5 Å². The number of nitrogens with zero attached hydrogens (tertiary/aromatic N) is 1. The van der Waals surface area contributed by atoms with Crippen LogP contribution in [0.2, 0.25) is 0 Å². The molecule has 1 aliphatic carbocycles. The summed E-state index contributed by atoms with van der Waals surface area (Å²) in [6.07, 6.45) is 8.74. The average Bonchev–Trinajstić information content (AvgIpc) is 2.73. The van der Waals surface area contributed by atoms with E-state index >= 15 is 0 Å². The van der Waals surface area contributed by atoms with Crippen LogP contribution in [-0.4, -0.2) is 9.55 Å². The lowest BCUT2D eigenvalue weighted by Crippen LogP contribution is -2.01. The monoisotopic (exact) mass is 336 g/mol. The Balaban J connectivity index is 1.87. The second-order valence-corrected chi connectivity index (χ2v) is 6.40. The van der Waals surface area contributed by atoms with Gasteiger partial charge in [-0.15, -0.1) is 0 Å². The van der Waals surface area contributed by atoms with Crippen LogP contribution in [0.3, 0.4) is 0 Å². The first-order chi connectivity index (χ1) is 9.24. The van der Waals surface area contributed by atoms with E-state index in [1.54, 1.807) is 5.57 Å². The molecule has 3 rings (SSSR count). The Labute approximate surface area is 126 Å². The number of benzene rings is 1. The third-order valence-electron chi connectivity index (χ3n) is 3.78. The summed E-state index contributed by atoms with van der Waals surface area (Å²) in [4.78, 5) is 3.28. The van der Waals surface area contributed by atoms with Gasteiger partial charge in [-0.1, -0.05) is 27.6 Å². The van der Waals surface area contributed by atoms with Crippen molar-refractivity contribution in [3.63, 3.8) is 0 Å². The van der Waals surface area contributed by atoms with Crippen molar-refractivity contribution >= 4 is 39.2 Å². The van der Waals surface area contributed by atoms with Crippen molar-refractivity contribution in [3.8, 4) is 0 Å². The lowest BCUT2D eigenvalue weighted by atomic mass is 9.97. The van der Waals surface area contributed by atoms with E-state index in [2.05, 4.69) is 43.7 Å². The van der Waals surface area contributed by atoms with Crippen molar-refractivity contribution in [3.05, 3.63) is 39.1 Å². The maximum atomic E-state index is 5.44. The molecule has 0 saturated heterocycles. The second kappa shape index (κ2) is 5.63. The van der Waals surface area contributed by atoms with Gasteiger partial charge in [0.05, 0.1) is 11.0 Å². The Hall–Kier alpha value is -0.870. The lowest BCUT2D eigenvalue weighted by molar-refractivity contribution is 0.630. The van der Waals surface area contributed by atoms with Gasteiger partial charge in [-0.3, -0.25) is 0 Å². The molecule has 2 nitrogen and oxygen atoms in total. The highest BCUT2D eigenvalue weighted by molar-refractivity contribution is 9.10. The van der Waals surface area contributed by atoms with Gasteiger partial charge in [0.25, 0.3) is 0 Å². The van der Waals surface area contributed by atoms with Gasteiger partial charge in [-0.2, -0.15) is 0 Å². The molecule has 0 aliphatic heterocycles. The van der Waals surface area contributed by atoms with Crippen LogP contribution in [0.5, 0.6) is 0 Å². The molecule has 1 aliphatic rings. The molecule has 4 heteroatoms. The van der Waals surface area contributed by atoms with Crippen LogP contribution in [0, 0.1) is 4.77 Å².